The predicted molar refractivity (Wildman–Crippen MR) is 54.9 cm³/mol. The lowest BCUT2D eigenvalue weighted by Crippen LogP contribution is -2.27. The van der Waals surface area contributed by atoms with Crippen LogP contribution in [0.2, 0.25) is 0 Å². The molecular formula is C9H13N3OS. The Balaban J connectivity index is 2.01. The molecule has 14 heavy (non-hydrogen) atoms. The summed E-state index contributed by atoms with van der Waals surface area (Å²) in [5.74, 6) is 0.156. The second-order valence-corrected chi connectivity index (χ2v) is 4.90. The van der Waals surface area contributed by atoms with Crippen molar-refractivity contribution in [3.05, 3.63) is 16.1 Å². The number of nitrogens with two attached hydrogens (primary N) is 1. The molecule has 1 aliphatic heterocycles. The van der Waals surface area contributed by atoms with Crippen molar-refractivity contribution in [2.24, 2.45) is 5.73 Å². The maximum atomic E-state index is 11.4. The van der Waals surface area contributed by atoms with Crippen LogP contribution >= 0.6 is 11.3 Å². The van der Waals surface area contributed by atoms with E-state index in [1.165, 1.54) is 0 Å². The van der Waals surface area contributed by atoms with Gasteiger partial charge in [-0.3, -0.25) is 4.79 Å². The molecule has 5 heteroatoms. The fraction of sp³-hybridized carbons (Fsp3) is 0.556. The van der Waals surface area contributed by atoms with Crippen LogP contribution in [-0.2, 0) is 11.3 Å². The highest BCUT2D eigenvalue weighted by molar-refractivity contribution is 7.11. The third kappa shape index (κ3) is 1.93. The van der Waals surface area contributed by atoms with E-state index in [9.17, 15) is 4.79 Å². The molecule has 76 valence electrons. The van der Waals surface area contributed by atoms with Gasteiger partial charge in [-0.2, -0.15) is 0 Å². The second kappa shape index (κ2) is 3.67. The van der Waals surface area contributed by atoms with E-state index in [1.54, 1.807) is 16.2 Å². The summed E-state index contributed by atoms with van der Waals surface area (Å²) < 4.78 is 0. The molecule has 0 spiro atoms. The summed E-state index contributed by atoms with van der Waals surface area (Å²) >= 11 is 1.63. The molecule has 1 amide bonds. The Labute approximate surface area is 86.7 Å². The van der Waals surface area contributed by atoms with Gasteiger partial charge in [0.25, 0.3) is 0 Å². The first-order valence-corrected chi connectivity index (χ1v) is 5.41. The molecule has 1 aromatic heterocycles. The van der Waals surface area contributed by atoms with E-state index >= 15 is 0 Å². The van der Waals surface area contributed by atoms with Crippen LogP contribution in [0, 0.1) is 6.92 Å². The number of aryl methyl sites for hydroxylation is 1. The monoisotopic (exact) mass is 211 g/mol. The van der Waals surface area contributed by atoms with E-state index in [0.717, 1.165) is 9.88 Å². The van der Waals surface area contributed by atoms with E-state index in [2.05, 4.69) is 4.98 Å². The van der Waals surface area contributed by atoms with Crippen molar-refractivity contribution in [2.45, 2.75) is 25.9 Å². The molecule has 1 atom stereocenters. The normalized spacial score (nSPS) is 22.0. The summed E-state index contributed by atoms with van der Waals surface area (Å²) in [5, 5.41) is 1.04. The van der Waals surface area contributed by atoms with Gasteiger partial charge in [0.15, 0.2) is 0 Å². The topological polar surface area (TPSA) is 59.2 Å². The number of hydrogen-bond donors (Lipinski definition) is 1. The largest absolute Gasteiger partial charge is 0.336 e. The van der Waals surface area contributed by atoms with Crippen molar-refractivity contribution in [2.75, 3.05) is 6.54 Å². The van der Waals surface area contributed by atoms with E-state index < -0.39 is 0 Å². The molecule has 0 radical (unpaired) electrons. The lowest BCUT2D eigenvalue weighted by Gasteiger charge is -2.13. The molecular weight excluding hydrogens is 198 g/mol. The van der Waals surface area contributed by atoms with Gasteiger partial charge in [0.1, 0.15) is 0 Å². The lowest BCUT2D eigenvalue weighted by atomic mass is 10.3. The molecule has 1 fully saturated rings. The minimum atomic E-state index is 0.0107. The molecule has 0 bridgehead atoms. The van der Waals surface area contributed by atoms with Crippen molar-refractivity contribution in [1.29, 1.82) is 0 Å². The summed E-state index contributed by atoms with van der Waals surface area (Å²) in [6.07, 6.45) is 2.31. The Bertz CT molecular complexity index is 350. The Kier molecular flexibility index (Phi) is 2.52. The maximum Gasteiger partial charge on any atom is 0.224 e. The van der Waals surface area contributed by atoms with Gasteiger partial charge >= 0.3 is 0 Å². The zero-order chi connectivity index (χ0) is 10.1. The molecule has 0 aromatic carbocycles. The third-order valence-corrected chi connectivity index (χ3v) is 3.16. The highest BCUT2D eigenvalue weighted by Gasteiger charge is 2.26. The predicted octanol–water partition coefficient (Wildman–Crippen LogP) is 0.511. The summed E-state index contributed by atoms with van der Waals surface area (Å²) in [4.78, 5) is 18.5. The number of rotatable bonds is 2. The standard InChI is InChI=1S/C9H13N3OS/c1-6-11-3-8(14-6)5-12-4-7(10)2-9(12)13/h3,7H,2,4-5,10H2,1H3. The summed E-state index contributed by atoms with van der Waals surface area (Å²) in [6, 6.07) is 0.0107. The molecule has 4 nitrogen and oxygen atoms in total. The van der Waals surface area contributed by atoms with Crippen molar-refractivity contribution >= 4 is 17.2 Å². The molecule has 1 aliphatic rings. The van der Waals surface area contributed by atoms with Crippen molar-refractivity contribution < 1.29 is 4.79 Å². The Hall–Kier alpha value is -0.940. The lowest BCUT2D eigenvalue weighted by molar-refractivity contribution is -0.128. The molecule has 1 aromatic rings. The van der Waals surface area contributed by atoms with Gasteiger partial charge in [-0.25, -0.2) is 4.98 Å². The van der Waals surface area contributed by atoms with E-state index in [0.29, 0.717) is 19.5 Å². The van der Waals surface area contributed by atoms with E-state index in [1.807, 2.05) is 13.1 Å². The number of hydrogen-bond acceptors (Lipinski definition) is 4. The molecule has 0 saturated carbocycles. The smallest absolute Gasteiger partial charge is 0.224 e. The quantitative estimate of drug-likeness (QED) is 0.775. The van der Waals surface area contributed by atoms with Gasteiger partial charge in [-0.05, 0) is 6.92 Å². The zero-order valence-corrected chi connectivity index (χ0v) is 8.88. The molecule has 2 heterocycles. The van der Waals surface area contributed by atoms with E-state index in [4.69, 9.17) is 5.73 Å². The minimum absolute atomic E-state index is 0.0107. The van der Waals surface area contributed by atoms with Crippen LogP contribution in [0.4, 0.5) is 0 Å². The average molecular weight is 211 g/mol. The SMILES string of the molecule is Cc1ncc(CN2CC(N)CC2=O)s1. The second-order valence-electron chi connectivity index (χ2n) is 3.58. The Morgan fingerprint density at radius 2 is 2.57 bits per heavy atom. The molecule has 1 unspecified atom stereocenters. The molecule has 2 N–H and O–H groups in total. The van der Waals surface area contributed by atoms with Crippen LogP contribution in [0.15, 0.2) is 6.20 Å². The van der Waals surface area contributed by atoms with Crippen LogP contribution < -0.4 is 5.73 Å². The van der Waals surface area contributed by atoms with Crippen LogP contribution in [0.25, 0.3) is 0 Å². The van der Waals surface area contributed by atoms with Crippen molar-refractivity contribution in [1.82, 2.24) is 9.88 Å². The average Bonchev–Trinajstić information content (AvgIpc) is 2.61. The Morgan fingerprint density at radius 1 is 1.79 bits per heavy atom. The fourth-order valence-electron chi connectivity index (χ4n) is 1.62. The van der Waals surface area contributed by atoms with Crippen LogP contribution in [0.5, 0.6) is 0 Å². The number of nitrogens with zero attached hydrogens (tertiary/aromatic N) is 2. The summed E-state index contributed by atoms with van der Waals surface area (Å²) in [6.45, 7) is 3.31. The van der Waals surface area contributed by atoms with Crippen LogP contribution in [0.3, 0.4) is 0 Å². The van der Waals surface area contributed by atoms with Gasteiger partial charge < -0.3 is 10.6 Å². The summed E-state index contributed by atoms with van der Waals surface area (Å²) in [5.41, 5.74) is 5.70. The Morgan fingerprint density at radius 3 is 3.07 bits per heavy atom. The number of carbonyl (C=O) groups excluding carboxylic acids is 1. The third-order valence-electron chi connectivity index (χ3n) is 2.26. The zero-order valence-electron chi connectivity index (χ0n) is 8.06. The first-order chi connectivity index (χ1) is 6.65. The number of carbonyl (C=O) groups is 1. The maximum absolute atomic E-state index is 11.4. The highest BCUT2D eigenvalue weighted by Crippen LogP contribution is 2.18. The molecule has 0 aliphatic carbocycles. The minimum Gasteiger partial charge on any atom is -0.336 e. The van der Waals surface area contributed by atoms with Crippen molar-refractivity contribution in [3.63, 3.8) is 0 Å². The fourth-order valence-corrected chi connectivity index (χ4v) is 2.43. The van der Waals surface area contributed by atoms with Gasteiger partial charge in [-0.15, -0.1) is 11.3 Å². The first kappa shape index (κ1) is 9.61. The molecule has 2 rings (SSSR count). The van der Waals surface area contributed by atoms with Crippen LogP contribution in [-0.4, -0.2) is 28.4 Å². The number of amides is 1. The molecule has 1 saturated heterocycles. The highest BCUT2D eigenvalue weighted by atomic mass is 32.1. The van der Waals surface area contributed by atoms with Crippen molar-refractivity contribution in [3.8, 4) is 0 Å². The first-order valence-electron chi connectivity index (χ1n) is 4.60. The van der Waals surface area contributed by atoms with Crippen LogP contribution in [0.1, 0.15) is 16.3 Å². The number of thiazole rings is 1. The van der Waals surface area contributed by atoms with Gasteiger partial charge in [0, 0.05) is 30.1 Å². The number of aromatic nitrogens is 1. The van der Waals surface area contributed by atoms with Gasteiger partial charge in [-0.1, -0.05) is 0 Å². The number of likely N-dealkylation sites (tertiary alicyclic amines) is 1. The van der Waals surface area contributed by atoms with E-state index in [-0.39, 0.29) is 11.9 Å². The summed E-state index contributed by atoms with van der Waals surface area (Å²) in [7, 11) is 0. The van der Waals surface area contributed by atoms with Gasteiger partial charge in [0.05, 0.1) is 11.6 Å². The van der Waals surface area contributed by atoms with Gasteiger partial charge in [0.2, 0.25) is 5.91 Å².